The number of aromatic nitrogens is 4. The fourth-order valence-corrected chi connectivity index (χ4v) is 3.21. The van der Waals surface area contributed by atoms with Crippen LogP contribution < -0.4 is 5.32 Å². The van der Waals surface area contributed by atoms with Gasteiger partial charge in [0, 0.05) is 25.4 Å². The molecule has 2 aliphatic carbocycles. The van der Waals surface area contributed by atoms with Crippen LogP contribution in [-0.2, 0) is 17.7 Å². The highest BCUT2D eigenvalue weighted by Crippen LogP contribution is 2.38. The molecular formula is C17H23N5O. The Labute approximate surface area is 136 Å². The fourth-order valence-electron chi connectivity index (χ4n) is 3.21. The minimum atomic E-state index is 0.240. The Morgan fingerprint density at radius 3 is 3.09 bits per heavy atom. The maximum Gasteiger partial charge on any atom is 0.133 e. The number of aryl methyl sites for hydroxylation is 1. The lowest BCUT2D eigenvalue weighted by Gasteiger charge is -2.22. The van der Waals surface area contributed by atoms with E-state index in [1.54, 1.807) is 7.11 Å². The molecule has 6 nitrogen and oxygen atoms in total. The van der Waals surface area contributed by atoms with Crippen LogP contribution in [0.2, 0.25) is 0 Å². The normalized spacial score (nSPS) is 20.3. The van der Waals surface area contributed by atoms with Gasteiger partial charge >= 0.3 is 0 Å². The van der Waals surface area contributed by atoms with Gasteiger partial charge in [0.25, 0.3) is 0 Å². The molecule has 0 aliphatic heterocycles. The Morgan fingerprint density at radius 2 is 2.26 bits per heavy atom. The molecule has 2 aromatic rings. The zero-order valence-corrected chi connectivity index (χ0v) is 13.5. The second-order valence-corrected chi connectivity index (χ2v) is 6.46. The van der Waals surface area contributed by atoms with Gasteiger partial charge in [0.1, 0.15) is 11.6 Å². The molecule has 0 aromatic carbocycles. The third-order valence-electron chi connectivity index (χ3n) is 4.60. The van der Waals surface area contributed by atoms with Crippen LogP contribution in [0.4, 0.5) is 5.82 Å². The number of nitrogens with zero attached hydrogens (tertiary/aromatic N) is 4. The van der Waals surface area contributed by atoms with E-state index in [0.29, 0.717) is 12.5 Å². The van der Waals surface area contributed by atoms with Crippen molar-refractivity contribution in [2.45, 2.75) is 50.6 Å². The van der Waals surface area contributed by atoms with Crippen molar-refractivity contribution in [3.8, 4) is 0 Å². The predicted octanol–water partition coefficient (Wildman–Crippen LogP) is 2.69. The highest BCUT2D eigenvalue weighted by molar-refractivity contribution is 5.39. The second-order valence-electron chi connectivity index (χ2n) is 6.46. The summed E-state index contributed by atoms with van der Waals surface area (Å²) in [6.07, 6.45) is 9.86. The summed E-state index contributed by atoms with van der Waals surface area (Å²) in [5, 5.41) is 8.34. The van der Waals surface area contributed by atoms with Crippen LogP contribution in [0.3, 0.4) is 0 Å². The number of fused-ring (bicyclic) bond motifs is 1. The second kappa shape index (κ2) is 6.28. The summed E-state index contributed by atoms with van der Waals surface area (Å²) in [6, 6.07) is 2.20. The van der Waals surface area contributed by atoms with Gasteiger partial charge in [0.05, 0.1) is 24.9 Å². The van der Waals surface area contributed by atoms with E-state index in [0.717, 1.165) is 31.0 Å². The molecule has 6 heteroatoms. The molecule has 0 amide bonds. The van der Waals surface area contributed by atoms with Crippen molar-refractivity contribution in [2.24, 2.45) is 0 Å². The molecular weight excluding hydrogens is 290 g/mol. The topological polar surface area (TPSA) is 64.9 Å². The molecule has 1 unspecified atom stereocenters. The molecule has 0 spiro atoms. The first kappa shape index (κ1) is 14.6. The van der Waals surface area contributed by atoms with E-state index in [-0.39, 0.29) is 6.04 Å². The molecule has 2 aliphatic rings. The predicted molar refractivity (Wildman–Crippen MR) is 87.4 cm³/mol. The summed E-state index contributed by atoms with van der Waals surface area (Å²) in [7, 11) is 1.72. The van der Waals surface area contributed by atoms with E-state index in [2.05, 4.69) is 21.5 Å². The van der Waals surface area contributed by atoms with Gasteiger partial charge in [-0.05, 0) is 43.7 Å². The number of hydrogen-bond acceptors (Lipinski definition) is 5. The van der Waals surface area contributed by atoms with Crippen LogP contribution in [0.25, 0.3) is 0 Å². The molecule has 1 saturated carbocycles. The highest BCUT2D eigenvalue weighted by atomic mass is 16.5. The monoisotopic (exact) mass is 313 g/mol. The van der Waals surface area contributed by atoms with E-state index < -0.39 is 0 Å². The van der Waals surface area contributed by atoms with E-state index in [1.165, 1.54) is 30.5 Å². The van der Waals surface area contributed by atoms with Crippen LogP contribution in [0.5, 0.6) is 0 Å². The van der Waals surface area contributed by atoms with Crippen molar-refractivity contribution in [2.75, 3.05) is 19.0 Å². The largest absolute Gasteiger partial charge is 0.383 e. The number of methoxy groups -OCH3 is 1. The van der Waals surface area contributed by atoms with Crippen LogP contribution in [-0.4, -0.2) is 33.5 Å². The average Bonchev–Trinajstić information content (AvgIpc) is 3.33. The van der Waals surface area contributed by atoms with E-state index >= 15 is 0 Å². The van der Waals surface area contributed by atoms with Crippen molar-refractivity contribution in [1.82, 2.24) is 19.7 Å². The van der Waals surface area contributed by atoms with Gasteiger partial charge in [-0.25, -0.2) is 9.97 Å². The van der Waals surface area contributed by atoms with Gasteiger partial charge < -0.3 is 10.1 Å². The van der Waals surface area contributed by atoms with Crippen molar-refractivity contribution in [1.29, 1.82) is 0 Å². The van der Waals surface area contributed by atoms with Crippen LogP contribution in [0.15, 0.2) is 18.5 Å². The van der Waals surface area contributed by atoms with Gasteiger partial charge in [-0.3, -0.25) is 4.68 Å². The molecule has 1 N–H and O–H groups in total. The Hall–Kier alpha value is -1.95. The summed E-state index contributed by atoms with van der Waals surface area (Å²) in [5.41, 5.74) is 2.51. The zero-order valence-electron chi connectivity index (χ0n) is 13.5. The maximum absolute atomic E-state index is 5.15. The standard InChI is InChI=1S/C17H23N5O/c1-23-10-9-22-11-13-3-2-4-14(16(13)21-22)19-15-7-8-18-17(20-15)12-5-6-12/h7-8,11-12,14H,2-6,9-10H2,1H3,(H,18,19,20). The number of anilines is 1. The zero-order chi connectivity index (χ0) is 15.6. The van der Waals surface area contributed by atoms with Gasteiger partial charge in [0.15, 0.2) is 0 Å². The molecule has 2 aromatic heterocycles. The lowest BCUT2D eigenvalue weighted by Crippen LogP contribution is -2.18. The first-order valence-electron chi connectivity index (χ1n) is 8.48. The Balaban J connectivity index is 1.52. The molecule has 0 bridgehead atoms. The minimum Gasteiger partial charge on any atom is -0.383 e. The summed E-state index contributed by atoms with van der Waals surface area (Å²) in [4.78, 5) is 9.07. The third kappa shape index (κ3) is 3.22. The SMILES string of the molecule is COCCn1cc2c(n1)C(Nc1ccnc(C3CC3)n1)CCC2. The van der Waals surface area contributed by atoms with Gasteiger partial charge in [-0.15, -0.1) is 0 Å². The van der Waals surface area contributed by atoms with Crippen LogP contribution in [0.1, 0.15) is 54.7 Å². The van der Waals surface area contributed by atoms with Gasteiger partial charge in [0.2, 0.25) is 0 Å². The molecule has 1 atom stereocenters. The van der Waals surface area contributed by atoms with Gasteiger partial charge in [-0.2, -0.15) is 5.10 Å². The molecule has 0 saturated heterocycles. The first-order chi connectivity index (χ1) is 11.3. The van der Waals surface area contributed by atoms with E-state index in [9.17, 15) is 0 Å². The highest BCUT2D eigenvalue weighted by Gasteiger charge is 2.28. The summed E-state index contributed by atoms with van der Waals surface area (Å²) < 4.78 is 7.15. The summed E-state index contributed by atoms with van der Waals surface area (Å²) >= 11 is 0. The molecule has 23 heavy (non-hydrogen) atoms. The lowest BCUT2D eigenvalue weighted by atomic mass is 9.94. The van der Waals surface area contributed by atoms with Crippen molar-refractivity contribution in [3.63, 3.8) is 0 Å². The van der Waals surface area contributed by atoms with Crippen molar-refractivity contribution < 1.29 is 4.74 Å². The number of rotatable bonds is 6. The fraction of sp³-hybridized carbons (Fsp3) is 0.588. The molecule has 2 heterocycles. The quantitative estimate of drug-likeness (QED) is 0.888. The Bertz CT molecular complexity index is 679. The minimum absolute atomic E-state index is 0.240. The number of hydrogen-bond donors (Lipinski definition) is 1. The molecule has 0 radical (unpaired) electrons. The van der Waals surface area contributed by atoms with Crippen molar-refractivity contribution in [3.05, 3.63) is 35.5 Å². The number of nitrogens with one attached hydrogen (secondary N) is 1. The molecule has 1 fully saturated rings. The van der Waals surface area contributed by atoms with Crippen molar-refractivity contribution >= 4 is 5.82 Å². The molecule has 4 rings (SSSR count). The van der Waals surface area contributed by atoms with Crippen LogP contribution in [0, 0.1) is 0 Å². The third-order valence-corrected chi connectivity index (χ3v) is 4.60. The summed E-state index contributed by atoms with van der Waals surface area (Å²) in [6.45, 7) is 1.49. The van der Waals surface area contributed by atoms with Gasteiger partial charge in [-0.1, -0.05) is 0 Å². The average molecular weight is 313 g/mol. The number of ether oxygens (including phenoxy) is 1. The lowest BCUT2D eigenvalue weighted by molar-refractivity contribution is 0.183. The Kier molecular flexibility index (Phi) is 3.99. The maximum atomic E-state index is 5.15. The van der Waals surface area contributed by atoms with Crippen LogP contribution >= 0.6 is 0 Å². The smallest absolute Gasteiger partial charge is 0.133 e. The van der Waals surface area contributed by atoms with E-state index in [4.69, 9.17) is 9.84 Å². The molecule has 122 valence electrons. The summed E-state index contributed by atoms with van der Waals surface area (Å²) in [5.74, 6) is 2.48. The first-order valence-corrected chi connectivity index (χ1v) is 8.48. The Morgan fingerprint density at radius 1 is 1.35 bits per heavy atom. The van der Waals surface area contributed by atoms with E-state index in [1.807, 2.05) is 16.9 Å².